The van der Waals surface area contributed by atoms with Crippen molar-refractivity contribution in [2.75, 3.05) is 0 Å². The molecule has 1 atom stereocenters. The van der Waals surface area contributed by atoms with E-state index in [0.717, 1.165) is 34.0 Å². The summed E-state index contributed by atoms with van der Waals surface area (Å²) in [6.07, 6.45) is 7.75. The summed E-state index contributed by atoms with van der Waals surface area (Å²) in [5.41, 5.74) is 5.09. The lowest BCUT2D eigenvalue weighted by molar-refractivity contribution is 0.0937. The molecule has 6 heteroatoms. The predicted octanol–water partition coefficient (Wildman–Crippen LogP) is 4.21. The highest BCUT2D eigenvalue weighted by Gasteiger charge is 2.18. The van der Waals surface area contributed by atoms with E-state index < -0.39 is 0 Å². The quantitative estimate of drug-likeness (QED) is 0.550. The van der Waals surface area contributed by atoms with Crippen LogP contribution in [0.3, 0.4) is 0 Å². The van der Waals surface area contributed by atoms with Gasteiger partial charge >= 0.3 is 0 Å². The first-order valence-corrected chi connectivity index (χ1v) is 9.27. The second-order valence-corrected chi connectivity index (χ2v) is 6.78. The van der Waals surface area contributed by atoms with E-state index in [1.54, 1.807) is 24.8 Å². The van der Waals surface area contributed by atoms with E-state index in [0.29, 0.717) is 11.3 Å². The number of amides is 1. The van der Waals surface area contributed by atoms with Gasteiger partial charge in [-0.3, -0.25) is 14.9 Å². The smallest absolute Gasteiger partial charge is 0.252 e. The van der Waals surface area contributed by atoms with Gasteiger partial charge < -0.3 is 5.32 Å². The lowest BCUT2D eigenvalue weighted by atomic mass is 10.0. The van der Waals surface area contributed by atoms with Crippen molar-refractivity contribution < 1.29 is 4.79 Å². The second-order valence-electron chi connectivity index (χ2n) is 6.78. The number of aromatic amines is 1. The summed E-state index contributed by atoms with van der Waals surface area (Å²) in [7, 11) is 0. The van der Waals surface area contributed by atoms with Gasteiger partial charge in [-0.25, -0.2) is 4.98 Å². The maximum atomic E-state index is 13.2. The Morgan fingerprint density at radius 3 is 2.71 bits per heavy atom. The van der Waals surface area contributed by atoms with Crippen molar-refractivity contribution in [1.82, 2.24) is 25.5 Å². The van der Waals surface area contributed by atoms with E-state index in [1.807, 2.05) is 43.3 Å². The van der Waals surface area contributed by atoms with Gasteiger partial charge in [-0.15, -0.1) is 0 Å². The Balaban J connectivity index is 1.77. The summed E-state index contributed by atoms with van der Waals surface area (Å²) < 4.78 is 0. The molecule has 0 unspecified atom stereocenters. The molecule has 4 rings (SSSR count). The van der Waals surface area contributed by atoms with Gasteiger partial charge in [-0.05, 0) is 48.7 Å². The molecule has 0 radical (unpaired) electrons. The highest BCUT2D eigenvalue weighted by Crippen LogP contribution is 2.26. The van der Waals surface area contributed by atoms with Crippen LogP contribution in [0.25, 0.3) is 22.2 Å². The Morgan fingerprint density at radius 2 is 2.00 bits per heavy atom. The molecule has 2 N–H and O–H groups in total. The molecule has 0 aliphatic rings. The fourth-order valence-corrected chi connectivity index (χ4v) is 3.32. The molecule has 0 saturated carbocycles. The molecule has 140 valence electrons. The number of nitrogens with one attached hydrogen (secondary N) is 2. The maximum Gasteiger partial charge on any atom is 0.252 e. The molecule has 4 aromatic rings. The van der Waals surface area contributed by atoms with Gasteiger partial charge in [-0.1, -0.05) is 19.1 Å². The van der Waals surface area contributed by atoms with Crippen LogP contribution >= 0.6 is 0 Å². The molecule has 3 heterocycles. The van der Waals surface area contributed by atoms with Gasteiger partial charge in [-0.2, -0.15) is 5.10 Å². The van der Waals surface area contributed by atoms with Crippen LogP contribution < -0.4 is 5.32 Å². The minimum Gasteiger partial charge on any atom is -0.345 e. The minimum atomic E-state index is -0.121. The van der Waals surface area contributed by atoms with Gasteiger partial charge in [0.25, 0.3) is 5.91 Å². The van der Waals surface area contributed by atoms with Gasteiger partial charge in [0, 0.05) is 29.5 Å². The summed E-state index contributed by atoms with van der Waals surface area (Å²) in [6.45, 7) is 4.07. The first kappa shape index (κ1) is 17.9. The summed E-state index contributed by atoms with van der Waals surface area (Å²) in [6, 6.07) is 11.6. The van der Waals surface area contributed by atoms with Crippen molar-refractivity contribution >= 4 is 16.8 Å². The number of nitrogens with zero attached hydrogens (tertiary/aromatic N) is 3. The highest BCUT2D eigenvalue weighted by molar-refractivity contribution is 6.07. The average molecular weight is 371 g/mol. The molecule has 0 bridgehead atoms. The zero-order valence-corrected chi connectivity index (χ0v) is 15.8. The van der Waals surface area contributed by atoms with E-state index in [9.17, 15) is 4.79 Å². The van der Waals surface area contributed by atoms with Crippen LogP contribution in [0.2, 0.25) is 0 Å². The third kappa shape index (κ3) is 3.49. The van der Waals surface area contributed by atoms with E-state index in [4.69, 9.17) is 4.98 Å². The third-order valence-corrected chi connectivity index (χ3v) is 4.83. The fraction of sp³-hybridized carbons (Fsp3) is 0.182. The number of aromatic nitrogens is 4. The highest BCUT2D eigenvalue weighted by atomic mass is 16.1. The molecule has 28 heavy (non-hydrogen) atoms. The Hall–Kier alpha value is -3.54. The van der Waals surface area contributed by atoms with Crippen molar-refractivity contribution in [2.45, 2.75) is 26.3 Å². The number of carbonyl (C=O) groups excluding carboxylic acids is 1. The minimum absolute atomic E-state index is 0.0819. The Morgan fingerprint density at radius 1 is 1.18 bits per heavy atom. The van der Waals surface area contributed by atoms with Crippen LogP contribution in [0, 0.1) is 6.92 Å². The lowest BCUT2D eigenvalue weighted by Crippen LogP contribution is -2.28. The Kier molecular flexibility index (Phi) is 4.85. The molecule has 1 amide bonds. The van der Waals surface area contributed by atoms with Crippen molar-refractivity contribution in [3.05, 3.63) is 77.9 Å². The molecule has 6 nitrogen and oxygen atoms in total. The fourth-order valence-electron chi connectivity index (χ4n) is 3.32. The van der Waals surface area contributed by atoms with Crippen LogP contribution in [-0.4, -0.2) is 26.1 Å². The zero-order valence-electron chi connectivity index (χ0n) is 15.8. The SMILES string of the molecule is CC[C@H](NC(=O)c1cc(-c2cn[nH]c2)nc2cc(C)ccc12)c1ccncc1. The molecule has 1 aromatic carbocycles. The van der Waals surface area contributed by atoms with E-state index >= 15 is 0 Å². The van der Waals surface area contributed by atoms with Gasteiger partial charge in [0.2, 0.25) is 0 Å². The first-order chi connectivity index (χ1) is 13.7. The van der Waals surface area contributed by atoms with Crippen LogP contribution in [0.15, 0.2) is 61.2 Å². The van der Waals surface area contributed by atoms with E-state index in [1.165, 1.54) is 0 Å². The summed E-state index contributed by atoms with van der Waals surface area (Å²) in [5, 5.41) is 10.8. The lowest BCUT2D eigenvalue weighted by Gasteiger charge is -2.18. The van der Waals surface area contributed by atoms with Crippen molar-refractivity contribution in [3.8, 4) is 11.3 Å². The van der Waals surface area contributed by atoms with Crippen LogP contribution in [0.4, 0.5) is 0 Å². The molecular weight excluding hydrogens is 350 g/mol. The molecular formula is C22H21N5O. The number of carbonyl (C=O) groups is 1. The van der Waals surface area contributed by atoms with Crippen molar-refractivity contribution in [2.24, 2.45) is 0 Å². The normalized spacial score (nSPS) is 12.1. The third-order valence-electron chi connectivity index (χ3n) is 4.83. The topological polar surface area (TPSA) is 83.6 Å². The predicted molar refractivity (Wildman–Crippen MR) is 109 cm³/mol. The van der Waals surface area contributed by atoms with Gasteiger partial charge in [0.15, 0.2) is 0 Å². The van der Waals surface area contributed by atoms with Crippen LogP contribution in [-0.2, 0) is 0 Å². The first-order valence-electron chi connectivity index (χ1n) is 9.27. The largest absolute Gasteiger partial charge is 0.345 e. The zero-order chi connectivity index (χ0) is 19.5. The number of H-pyrrole nitrogens is 1. The Labute approximate surface area is 163 Å². The monoisotopic (exact) mass is 371 g/mol. The Bertz CT molecular complexity index is 1110. The van der Waals surface area contributed by atoms with E-state index in [2.05, 4.69) is 27.4 Å². The molecule has 0 aliphatic heterocycles. The van der Waals surface area contributed by atoms with Crippen LogP contribution in [0.5, 0.6) is 0 Å². The number of hydrogen-bond donors (Lipinski definition) is 2. The maximum absolute atomic E-state index is 13.2. The van der Waals surface area contributed by atoms with Gasteiger partial charge in [0.05, 0.1) is 29.0 Å². The molecule has 0 aliphatic carbocycles. The molecule has 3 aromatic heterocycles. The summed E-state index contributed by atoms with van der Waals surface area (Å²) in [5.74, 6) is -0.121. The second kappa shape index (κ2) is 7.60. The number of rotatable bonds is 5. The number of benzene rings is 1. The molecule has 0 spiro atoms. The number of fused-ring (bicyclic) bond motifs is 1. The van der Waals surface area contributed by atoms with Crippen molar-refractivity contribution in [3.63, 3.8) is 0 Å². The number of aryl methyl sites for hydroxylation is 1. The number of hydrogen-bond acceptors (Lipinski definition) is 4. The summed E-state index contributed by atoms with van der Waals surface area (Å²) >= 11 is 0. The van der Waals surface area contributed by atoms with Crippen LogP contribution in [0.1, 0.15) is 40.9 Å². The summed E-state index contributed by atoms with van der Waals surface area (Å²) in [4.78, 5) is 22.0. The molecule has 0 saturated heterocycles. The number of pyridine rings is 2. The van der Waals surface area contributed by atoms with Gasteiger partial charge in [0.1, 0.15) is 0 Å². The van der Waals surface area contributed by atoms with Crippen molar-refractivity contribution in [1.29, 1.82) is 0 Å². The standard InChI is InChI=1S/C22H21N5O/c1-3-19(15-6-8-23-9-7-15)27-22(28)18-11-20(16-12-24-25-13-16)26-21-10-14(2)4-5-17(18)21/h4-13,19H,3H2,1-2H3,(H,24,25)(H,27,28)/t19-/m0/s1. The van der Waals surface area contributed by atoms with E-state index in [-0.39, 0.29) is 11.9 Å². The average Bonchev–Trinajstić information content (AvgIpc) is 3.26. The molecule has 0 fully saturated rings.